The Bertz CT molecular complexity index is 939. The summed E-state index contributed by atoms with van der Waals surface area (Å²) in [5.74, 6) is 0. The van der Waals surface area contributed by atoms with Crippen molar-refractivity contribution in [1.29, 1.82) is 0 Å². The molecule has 0 saturated carbocycles. The molecule has 0 unspecified atom stereocenters. The van der Waals surface area contributed by atoms with Gasteiger partial charge in [0, 0.05) is 35.5 Å². The maximum absolute atomic E-state index is 11.3. The van der Waals surface area contributed by atoms with Gasteiger partial charge in [-0.25, -0.2) is 4.98 Å². The maximum atomic E-state index is 11.3. The Morgan fingerprint density at radius 1 is 1.24 bits per heavy atom. The van der Waals surface area contributed by atoms with E-state index in [1.807, 2.05) is 12.1 Å². The number of rotatable bonds is 5. The normalized spacial score (nSPS) is 10.8. The van der Waals surface area contributed by atoms with Crippen molar-refractivity contribution in [3.05, 3.63) is 75.3 Å². The van der Waals surface area contributed by atoms with Crippen molar-refractivity contribution < 1.29 is 5.11 Å². The SMILES string of the molecule is NCc1c(-c2ccc(=O)[nH]c2)ccc(Cl)c1Sc1ncccc1CO. The summed E-state index contributed by atoms with van der Waals surface area (Å²) in [6.45, 7) is 0.171. The number of pyridine rings is 2. The van der Waals surface area contributed by atoms with Gasteiger partial charge in [-0.15, -0.1) is 0 Å². The molecule has 5 nitrogen and oxygen atoms in total. The van der Waals surface area contributed by atoms with E-state index in [0.717, 1.165) is 27.1 Å². The summed E-state index contributed by atoms with van der Waals surface area (Å²) in [4.78, 5) is 19.1. The molecular formula is C18H16ClN3O2S. The van der Waals surface area contributed by atoms with Gasteiger partial charge >= 0.3 is 0 Å². The number of aromatic amines is 1. The van der Waals surface area contributed by atoms with Crippen molar-refractivity contribution in [2.45, 2.75) is 23.1 Å². The largest absolute Gasteiger partial charge is 0.392 e. The monoisotopic (exact) mass is 373 g/mol. The Kier molecular flexibility index (Phi) is 5.55. The number of benzene rings is 1. The number of aliphatic hydroxyl groups is 1. The van der Waals surface area contributed by atoms with E-state index in [2.05, 4.69) is 9.97 Å². The first-order valence-electron chi connectivity index (χ1n) is 7.57. The van der Waals surface area contributed by atoms with Gasteiger partial charge in [-0.2, -0.15) is 0 Å². The van der Waals surface area contributed by atoms with E-state index >= 15 is 0 Å². The molecule has 128 valence electrons. The minimum Gasteiger partial charge on any atom is -0.392 e. The molecule has 4 N–H and O–H groups in total. The third kappa shape index (κ3) is 3.77. The van der Waals surface area contributed by atoms with Crippen LogP contribution in [-0.2, 0) is 13.2 Å². The molecule has 0 aliphatic carbocycles. The minimum absolute atomic E-state index is 0.106. The highest BCUT2D eigenvalue weighted by Crippen LogP contribution is 2.40. The van der Waals surface area contributed by atoms with Gasteiger partial charge in [0.15, 0.2) is 0 Å². The van der Waals surface area contributed by atoms with Crippen molar-refractivity contribution in [3.63, 3.8) is 0 Å². The van der Waals surface area contributed by atoms with Gasteiger partial charge in [-0.05, 0) is 34.9 Å². The van der Waals surface area contributed by atoms with Crippen LogP contribution in [0.15, 0.2) is 63.5 Å². The summed E-state index contributed by atoms with van der Waals surface area (Å²) in [6, 6.07) is 10.5. The summed E-state index contributed by atoms with van der Waals surface area (Å²) in [5, 5.41) is 10.7. The first-order chi connectivity index (χ1) is 12.1. The number of nitrogens with two attached hydrogens (primary N) is 1. The average molecular weight is 374 g/mol. The Hall–Kier alpha value is -2.12. The van der Waals surface area contributed by atoms with Crippen molar-refractivity contribution >= 4 is 23.4 Å². The minimum atomic E-state index is -0.164. The predicted octanol–water partition coefficient (Wildman–Crippen LogP) is 3.19. The molecule has 3 aromatic rings. The van der Waals surface area contributed by atoms with Crippen LogP contribution >= 0.6 is 23.4 Å². The molecule has 3 rings (SSSR count). The lowest BCUT2D eigenvalue weighted by atomic mass is 10.0. The van der Waals surface area contributed by atoms with Crippen LogP contribution < -0.4 is 11.3 Å². The first kappa shape index (κ1) is 17.7. The van der Waals surface area contributed by atoms with Crippen LogP contribution in [0.1, 0.15) is 11.1 Å². The fourth-order valence-electron chi connectivity index (χ4n) is 2.49. The van der Waals surface area contributed by atoms with Gasteiger partial charge in [0.2, 0.25) is 5.56 Å². The van der Waals surface area contributed by atoms with E-state index < -0.39 is 0 Å². The topological polar surface area (TPSA) is 92.0 Å². The van der Waals surface area contributed by atoms with Crippen molar-refractivity contribution in [1.82, 2.24) is 9.97 Å². The van der Waals surface area contributed by atoms with Crippen molar-refractivity contribution in [2.75, 3.05) is 0 Å². The highest BCUT2D eigenvalue weighted by atomic mass is 35.5. The Morgan fingerprint density at radius 3 is 2.76 bits per heavy atom. The molecule has 25 heavy (non-hydrogen) atoms. The van der Waals surface area contributed by atoms with Crippen LogP contribution in [0.5, 0.6) is 0 Å². The number of nitrogens with one attached hydrogen (secondary N) is 1. The predicted molar refractivity (Wildman–Crippen MR) is 99.7 cm³/mol. The van der Waals surface area contributed by atoms with Crippen LogP contribution in [0.3, 0.4) is 0 Å². The Balaban J connectivity index is 2.11. The molecule has 0 spiro atoms. The van der Waals surface area contributed by atoms with Gasteiger partial charge < -0.3 is 15.8 Å². The molecule has 1 aromatic carbocycles. The maximum Gasteiger partial charge on any atom is 0.247 e. The summed E-state index contributed by atoms with van der Waals surface area (Å²) < 4.78 is 0. The lowest BCUT2D eigenvalue weighted by molar-refractivity contribution is 0.278. The van der Waals surface area contributed by atoms with Crippen LogP contribution in [0.4, 0.5) is 0 Å². The second-order valence-electron chi connectivity index (χ2n) is 5.28. The number of H-pyrrole nitrogens is 1. The molecule has 2 aromatic heterocycles. The molecule has 0 radical (unpaired) electrons. The molecule has 7 heteroatoms. The number of aromatic nitrogens is 2. The standard InChI is InChI=1S/C18H16ClN3O2S/c19-15-5-4-13(11-3-6-16(24)22-9-11)14(8-20)17(15)25-18-12(10-23)2-1-7-21-18/h1-7,9,23H,8,10,20H2,(H,22,24). The van der Waals surface area contributed by atoms with Crippen molar-refractivity contribution in [2.24, 2.45) is 5.73 Å². The van der Waals surface area contributed by atoms with Gasteiger partial charge in [-0.3, -0.25) is 4.79 Å². The lowest BCUT2D eigenvalue weighted by Crippen LogP contribution is -2.05. The Morgan fingerprint density at radius 2 is 2.08 bits per heavy atom. The summed E-state index contributed by atoms with van der Waals surface area (Å²) in [5.41, 5.74) is 9.16. The van der Waals surface area contributed by atoms with Crippen LogP contribution in [-0.4, -0.2) is 15.1 Å². The van der Waals surface area contributed by atoms with E-state index in [1.54, 1.807) is 30.6 Å². The van der Waals surface area contributed by atoms with Gasteiger partial charge in [0.25, 0.3) is 0 Å². The molecule has 0 fully saturated rings. The van der Waals surface area contributed by atoms with Gasteiger partial charge in [0.05, 0.1) is 11.6 Å². The highest BCUT2D eigenvalue weighted by molar-refractivity contribution is 7.99. The zero-order valence-electron chi connectivity index (χ0n) is 13.2. The third-order valence-electron chi connectivity index (χ3n) is 3.73. The van der Waals surface area contributed by atoms with E-state index in [0.29, 0.717) is 10.0 Å². The molecule has 0 bridgehead atoms. The molecule has 0 amide bonds. The highest BCUT2D eigenvalue weighted by Gasteiger charge is 2.16. The zero-order valence-corrected chi connectivity index (χ0v) is 14.8. The van der Waals surface area contributed by atoms with Gasteiger partial charge in [-0.1, -0.05) is 35.5 Å². The van der Waals surface area contributed by atoms with E-state index in [1.165, 1.54) is 17.8 Å². The second kappa shape index (κ2) is 7.84. The fourth-order valence-corrected chi connectivity index (χ4v) is 3.84. The summed E-state index contributed by atoms with van der Waals surface area (Å²) in [6.07, 6.45) is 3.32. The number of aliphatic hydroxyl groups excluding tert-OH is 1. The number of hydrogen-bond acceptors (Lipinski definition) is 5. The molecule has 0 atom stereocenters. The van der Waals surface area contributed by atoms with Crippen LogP contribution in [0.25, 0.3) is 11.1 Å². The first-order valence-corrected chi connectivity index (χ1v) is 8.76. The van der Waals surface area contributed by atoms with Crippen LogP contribution in [0.2, 0.25) is 5.02 Å². The van der Waals surface area contributed by atoms with E-state index in [9.17, 15) is 9.90 Å². The van der Waals surface area contributed by atoms with E-state index in [4.69, 9.17) is 17.3 Å². The third-order valence-corrected chi connectivity index (χ3v) is 5.39. The lowest BCUT2D eigenvalue weighted by Gasteiger charge is -2.15. The van der Waals surface area contributed by atoms with Crippen LogP contribution in [0, 0.1) is 0 Å². The summed E-state index contributed by atoms with van der Waals surface area (Å²) in [7, 11) is 0. The molecule has 0 aliphatic heterocycles. The Labute approximate surface area is 153 Å². The smallest absolute Gasteiger partial charge is 0.247 e. The quantitative estimate of drug-likeness (QED) is 0.638. The molecule has 0 saturated heterocycles. The fraction of sp³-hybridized carbons (Fsp3) is 0.111. The van der Waals surface area contributed by atoms with E-state index in [-0.39, 0.29) is 18.7 Å². The van der Waals surface area contributed by atoms with Gasteiger partial charge in [0.1, 0.15) is 5.03 Å². The molecule has 2 heterocycles. The van der Waals surface area contributed by atoms with Crippen molar-refractivity contribution in [3.8, 4) is 11.1 Å². The second-order valence-corrected chi connectivity index (χ2v) is 6.68. The molecule has 0 aliphatic rings. The zero-order chi connectivity index (χ0) is 17.8. The summed E-state index contributed by atoms with van der Waals surface area (Å²) >= 11 is 7.79. The average Bonchev–Trinajstić information content (AvgIpc) is 2.64. The number of halogens is 1. The number of hydrogen-bond donors (Lipinski definition) is 3. The number of nitrogens with zero attached hydrogens (tertiary/aromatic N) is 1. The molecular weight excluding hydrogens is 358 g/mol.